The molecular formula is C14H26NaO2. The average molecular weight is 249 g/mol. The number of carbonyl (C=O) groups is 1. The van der Waals surface area contributed by atoms with E-state index in [4.69, 9.17) is 5.11 Å². The third kappa shape index (κ3) is 18.8. The molecule has 0 aliphatic rings. The third-order valence-electron chi connectivity index (χ3n) is 2.73. The van der Waals surface area contributed by atoms with Crippen LogP contribution in [0.3, 0.4) is 0 Å². The Labute approximate surface area is 128 Å². The van der Waals surface area contributed by atoms with E-state index in [2.05, 4.69) is 6.92 Å². The maximum Gasteiger partial charge on any atom is 0.327 e. The molecule has 1 N–H and O–H groups in total. The summed E-state index contributed by atoms with van der Waals surface area (Å²) in [5.74, 6) is -0.837. The van der Waals surface area contributed by atoms with Gasteiger partial charge in [-0.3, -0.25) is 0 Å². The number of carboxylic acid groups (broad SMARTS) is 1. The van der Waals surface area contributed by atoms with Gasteiger partial charge in [-0.15, -0.1) is 0 Å². The summed E-state index contributed by atoms with van der Waals surface area (Å²) >= 11 is 0. The molecule has 0 saturated heterocycles. The first-order chi connectivity index (χ1) is 7.77. The van der Waals surface area contributed by atoms with Crippen LogP contribution in [0, 0.1) is 0 Å². The quantitative estimate of drug-likeness (QED) is 0.339. The molecular weight excluding hydrogens is 223 g/mol. The fourth-order valence-corrected chi connectivity index (χ4v) is 1.76. The first-order valence-corrected chi connectivity index (χ1v) is 6.67. The van der Waals surface area contributed by atoms with Crippen molar-refractivity contribution in [3.8, 4) is 0 Å². The summed E-state index contributed by atoms with van der Waals surface area (Å²) in [5, 5.41) is 8.37. The molecule has 0 aromatic rings. The SMILES string of the molecule is CCCCCCCCCCCC=CC(=O)O.[Na]. The summed E-state index contributed by atoms with van der Waals surface area (Å²) in [6.07, 6.45) is 15.7. The van der Waals surface area contributed by atoms with Crippen LogP contribution in [0.25, 0.3) is 0 Å². The molecule has 0 spiro atoms. The summed E-state index contributed by atoms with van der Waals surface area (Å²) in [7, 11) is 0. The van der Waals surface area contributed by atoms with Crippen LogP contribution < -0.4 is 0 Å². The largest absolute Gasteiger partial charge is 0.478 e. The van der Waals surface area contributed by atoms with Gasteiger partial charge in [-0.05, 0) is 12.8 Å². The van der Waals surface area contributed by atoms with Crippen LogP contribution in [0.1, 0.15) is 71.1 Å². The van der Waals surface area contributed by atoms with Gasteiger partial charge in [-0.1, -0.05) is 64.4 Å². The molecule has 1 radical (unpaired) electrons. The summed E-state index contributed by atoms with van der Waals surface area (Å²) in [5.41, 5.74) is 0. The Hall–Kier alpha value is 0.210. The zero-order chi connectivity index (χ0) is 12.1. The molecule has 0 amide bonds. The zero-order valence-electron chi connectivity index (χ0n) is 11.6. The Morgan fingerprint density at radius 3 is 1.88 bits per heavy atom. The van der Waals surface area contributed by atoms with Gasteiger partial charge in [0.15, 0.2) is 0 Å². The van der Waals surface area contributed by atoms with E-state index < -0.39 is 5.97 Å². The van der Waals surface area contributed by atoms with Crippen molar-refractivity contribution in [3.63, 3.8) is 0 Å². The Balaban J connectivity index is 0. The van der Waals surface area contributed by atoms with Crippen molar-refractivity contribution in [2.24, 2.45) is 0 Å². The van der Waals surface area contributed by atoms with Crippen molar-refractivity contribution in [3.05, 3.63) is 12.2 Å². The van der Waals surface area contributed by atoms with Crippen LogP contribution in [0.15, 0.2) is 12.2 Å². The predicted molar refractivity (Wildman–Crippen MR) is 74.4 cm³/mol. The van der Waals surface area contributed by atoms with Gasteiger partial charge in [0.05, 0.1) is 0 Å². The molecule has 0 rings (SSSR count). The first-order valence-electron chi connectivity index (χ1n) is 6.67. The molecule has 0 atom stereocenters. The second kappa shape index (κ2) is 16.2. The van der Waals surface area contributed by atoms with Gasteiger partial charge < -0.3 is 5.11 Å². The van der Waals surface area contributed by atoms with Gasteiger partial charge in [0.1, 0.15) is 0 Å². The minimum Gasteiger partial charge on any atom is -0.478 e. The van der Waals surface area contributed by atoms with E-state index >= 15 is 0 Å². The molecule has 0 aliphatic carbocycles. The monoisotopic (exact) mass is 249 g/mol. The summed E-state index contributed by atoms with van der Waals surface area (Å²) < 4.78 is 0. The van der Waals surface area contributed by atoms with Crippen LogP contribution in [0.5, 0.6) is 0 Å². The van der Waals surface area contributed by atoms with Crippen molar-refractivity contribution in [1.29, 1.82) is 0 Å². The maximum absolute atomic E-state index is 10.2. The van der Waals surface area contributed by atoms with Gasteiger partial charge in [0.2, 0.25) is 0 Å². The Bertz CT molecular complexity index is 191. The van der Waals surface area contributed by atoms with Crippen LogP contribution in [0.4, 0.5) is 0 Å². The Morgan fingerprint density at radius 1 is 0.941 bits per heavy atom. The number of hydrogen-bond acceptors (Lipinski definition) is 1. The van der Waals surface area contributed by atoms with E-state index in [1.165, 1.54) is 57.4 Å². The minimum absolute atomic E-state index is 0. The summed E-state index contributed by atoms with van der Waals surface area (Å²) in [6.45, 7) is 2.24. The van der Waals surface area contributed by atoms with Crippen LogP contribution in [0.2, 0.25) is 0 Å². The van der Waals surface area contributed by atoms with Gasteiger partial charge in [-0.25, -0.2) is 4.79 Å². The predicted octanol–water partition coefficient (Wildman–Crippen LogP) is 4.17. The van der Waals surface area contributed by atoms with Gasteiger partial charge in [0, 0.05) is 35.6 Å². The Morgan fingerprint density at radius 2 is 1.41 bits per heavy atom. The van der Waals surface area contributed by atoms with Gasteiger partial charge in [0.25, 0.3) is 0 Å². The molecule has 0 aliphatic heterocycles. The molecule has 0 heterocycles. The summed E-state index contributed by atoms with van der Waals surface area (Å²) in [4.78, 5) is 10.2. The van der Waals surface area contributed by atoms with Crippen LogP contribution in [-0.4, -0.2) is 40.6 Å². The molecule has 3 heteroatoms. The number of hydrogen-bond donors (Lipinski definition) is 1. The molecule has 0 aromatic heterocycles. The average Bonchev–Trinajstić information content (AvgIpc) is 2.25. The van der Waals surface area contributed by atoms with Gasteiger partial charge in [-0.2, -0.15) is 0 Å². The normalized spacial score (nSPS) is 10.4. The molecule has 0 unspecified atom stereocenters. The van der Waals surface area contributed by atoms with E-state index in [1.807, 2.05) is 0 Å². The second-order valence-electron chi connectivity index (χ2n) is 4.36. The summed E-state index contributed by atoms with van der Waals surface area (Å²) in [6, 6.07) is 0. The van der Waals surface area contributed by atoms with Crippen LogP contribution >= 0.6 is 0 Å². The van der Waals surface area contributed by atoms with Crippen molar-refractivity contribution >= 4 is 35.5 Å². The molecule has 0 bridgehead atoms. The third-order valence-corrected chi connectivity index (χ3v) is 2.73. The number of unbranched alkanes of at least 4 members (excludes halogenated alkanes) is 9. The fraction of sp³-hybridized carbons (Fsp3) is 0.786. The van der Waals surface area contributed by atoms with E-state index in [1.54, 1.807) is 6.08 Å². The number of rotatable bonds is 11. The minimum atomic E-state index is -0.837. The molecule has 95 valence electrons. The number of carboxylic acids is 1. The van der Waals surface area contributed by atoms with Crippen molar-refractivity contribution in [2.45, 2.75) is 71.1 Å². The molecule has 0 aromatic carbocycles. The topological polar surface area (TPSA) is 37.3 Å². The van der Waals surface area contributed by atoms with E-state index in [9.17, 15) is 4.79 Å². The molecule has 0 saturated carbocycles. The second-order valence-corrected chi connectivity index (χ2v) is 4.36. The van der Waals surface area contributed by atoms with E-state index in [-0.39, 0.29) is 29.6 Å². The number of allylic oxidation sites excluding steroid dienone is 1. The standard InChI is InChI=1S/C14H26O2.Na/c1-2-3-4-5-6-7-8-9-10-11-12-13-14(15)16;/h12-13H,2-11H2,1H3,(H,15,16);. The first kappa shape index (κ1) is 19.5. The van der Waals surface area contributed by atoms with E-state index in [0.717, 1.165) is 12.8 Å². The van der Waals surface area contributed by atoms with Gasteiger partial charge >= 0.3 is 5.97 Å². The Kier molecular flexibility index (Phi) is 18.6. The zero-order valence-corrected chi connectivity index (χ0v) is 13.6. The fourth-order valence-electron chi connectivity index (χ4n) is 1.76. The smallest absolute Gasteiger partial charge is 0.327 e. The molecule has 17 heavy (non-hydrogen) atoms. The molecule has 2 nitrogen and oxygen atoms in total. The van der Waals surface area contributed by atoms with E-state index in [0.29, 0.717) is 0 Å². The van der Waals surface area contributed by atoms with Crippen molar-refractivity contribution < 1.29 is 9.90 Å². The number of aliphatic carboxylic acids is 1. The van der Waals surface area contributed by atoms with Crippen LogP contribution in [-0.2, 0) is 4.79 Å². The van der Waals surface area contributed by atoms with Crippen molar-refractivity contribution in [1.82, 2.24) is 0 Å². The van der Waals surface area contributed by atoms with Crippen molar-refractivity contribution in [2.75, 3.05) is 0 Å². The molecule has 0 fully saturated rings. The maximum atomic E-state index is 10.2.